The van der Waals surface area contributed by atoms with Crippen molar-refractivity contribution in [3.8, 4) is 0 Å². The van der Waals surface area contributed by atoms with Crippen LogP contribution in [0.2, 0.25) is 10.0 Å². The quantitative estimate of drug-likeness (QED) is 0.711. The number of hydrogen-bond acceptors (Lipinski definition) is 3. The lowest BCUT2D eigenvalue weighted by Crippen LogP contribution is -2.47. The van der Waals surface area contributed by atoms with Gasteiger partial charge in [0.2, 0.25) is 5.91 Å². The number of hydrogen-bond donors (Lipinski definition) is 1. The molecule has 5 nitrogen and oxygen atoms in total. The molecule has 1 saturated heterocycles. The molecule has 1 heterocycles. The van der Waals surface area contributed by atoms with E-state index in [1.165, 1.54) is 4.90 Å². The number of carbonyl (C=O) groups excluding carboxylic acids is 1. The third-order valence-corrected chi connectivity index (χ3v) is 4.51. The molecule has 2 atom stereocenters. The summed E-state index contributed by atoms with van der Waals surface area (Å²) in [6.45, 7) is 4.65. The lowest BCUT2D eigenvalue weighted by molar-refractivity contribution is -0.164. The largest absolute Gasteiger partial charge is 0.480 e. The van der Waals surface area contributed by atoms with Crippen molar-refractivity contribution in [1.29, 1.82) is 0 Å². The molecule has 1 N–H and O–H groups in total. The number of allylic oxidation sites excluding steroid dienone is 1. The van der Waals surface area contributed by atoms with Crippen molar-refractivity contribution in [2.24, 2.45) is 0 Å². The molecule has 1 aliphatic rings. The van der Waals surface area contributed by atoms with E-state index in [1.54, 1.807) is 48.5 Å². The fourth-order valence-electron chi connectivity index (χ4n) is 2.96. The third kappa shape index (κ3) is 5.58. The van der Waals surface area contributed by atoms with Crippen molar-refractivity contribution in [2.45, 2.75) is 19.1 Å². The Morgan fingerprint density at radius 1 is 1.21 bits per heavy atom. The van der Waals surface area contributed by atoms with E-state index in [0.29, 0.717) is 10.0 Å². The Morgan fingerprint density at radius 3 is 2.43 bits per heavy atom. The topological polar surface area (TPSA) is 66.8 Å². The second kappa shape index (κ2) is 10.3. The maximum absolute atomic E-state index is 12.3. The van der Waals surface area contributed by atoms with E-state index in [-0.39, 0.29) is 12.5 Å². The summed E-state index contributed by atoms with van der Waals surface area (Å²) in [6.07, 6.45) is 1.22. The van der Waals surface area contributed by atoms with Gasteiger partial charge in [0.1, 0.15) is 19.3 Å². The van der Waals surface area contributed by atoms with E-state index >= 15 is 0 Å². The Bertz CT molecular complexity index is 839. The molecule has 1 fully saturated rings. The molecule has 1 aliphatic heterocycles. The average Bonchev–Trinajstić information content (AvgIpc) is 2.64. The van der Waals surface area contributed by atoms with Crippen LogP contribution in [0.25, 0.3) is 0 Å². The van der Waals surface area contributed by atoms with Crippen LogP contribution in [0.3, 0.4) is 0 Å². The molecule has 1 amide bonds. The lowest BCUT2D eigenvalue weighted by atomic mass is 9.92. The molecule has 0 radical (unpaired) electrons. The fraction of sp³-hybridized carbons (Fsp3) is 0.238. The maximum atomic E-state index is 12.3. The number of halogens is 2. The van der Waals surface area contributed by atoms with Crippen molar-refractivity contribution in [3.63, 3.8) is 0 Å². The van der Waals surface area contributed by atoms with Crippen molar-refractivity contribution < 1.29 is 19.4 Å². The minimum absolute atomic E-state index is 0.186. The standard InChI is InChI=1S/C18H15Cl2NO4.C3H6/c19-13-6-4-11(5-7-13)17-18(12-2-1-3-14(20)8-12)25-10-15(22)21(17)9-16(23)24;1-3-2/h1-8,17-18H,9-10H2,(H,23,24);3H,1H2,2H3. The van der Waals surface area contributed by atoms with E-state index in [9.17, 15) is 14.7 Å². The molecule has 7 heteroatoms. The molecule has 148 valence electrons. The summed E-state index contributed by atoms with van der Waals surface area (Å²) >= 11 is 12.0. The van der Waals surface area contributed by atoms with Crippen LogP contribution in [0.4, 0.5) is 0 Å². The Balaban J connectivity index is 0.000000878. The highest BCUT2D eigenvalue weighted by atomic mass is 35.5. The van der Waals surface area contributed by atoms with Gasteiger partial charge in [-0.15, -0.1) is 6.58 Å². The van der Waals surface area contributed by atoms with Gasteiger partial charge in [-0.1, -0.05) is 53.5 Å². The van der Waals surface area contributed by atoms with Crippen LogP contribution in [0.5, 0.6) is 0 Å². The van der Waals surface area contributed by atoms with Gasteiger partial charge in [0.05, 0.1) is 6.04 Å². The predicted molar refractivity (Wildman–Crippen MR) is 110 cm³/mol. The highest BCUT2D eigenvalue weighted by molar-refractivity contribution is 6.30. The van der Waals surface area contributed by atoms with Crippen LogP contribution >= 0.6 is 23.2 Å². The zero-order chi connectivity index (χ0) is 20.7. The number of carboxylic acid groups (broad SMARTS) is 1. The first-order chi connectivity index (χ1) is 13.4. The van der Waals surface area contributed by atoms with Gasteiger partial charge in [0, 0.05) is 10.0 Å². The SMILES string of the molecule is C=CC.O=C(O)CN1C(=O)COC(c2cccc(Cl)c2)C1c1ccc(Cl)cc1. The molecular weight excluding hydrogens is 401 g/mol. The summed E-state index contributed by atoms with van der Waals surface area (Å²) in [5.41, 5.74) is 1.51. The normalized spacial score (nSPS) is 18.8. The number of morpholine rings is 1. The molecule has 3 rings (SSSR count). The molecule has 2 aromatic carbocycles. The number of amides is 1. The molecule has 0 aromatic heterocycles. The van der Waals surface area contributed by atoms with Crippen LogP contribution in [0, 0.1) is 0 Å². The zero-order valence-electron chi connectivity index (χ0n) is 15.3. The van der Waals surface area contributed by atoms with E-state index in [0.717, 1.165) is 11.1 Å². The monoisotopic (exact) mass is 421 g/mol. The van der Waals surface area contributed by atoms with Crippen LogP contribution in [0.1, 0.15) is 30.2 Å². The van der Waals surface area contributed by atoms with Crippen molar-refractivity contribution in [2.75, 3.05) is 13.2 Å². The molecular formula is C21H21Cl2NO4. The molecule has 0 bridgehead atoms. The first-order valence-electron chi connectivity index (χ1n) is 8.58. The van der Waals surface area contributed by atoms with E-state index in [1.807, 2.05) is 13.0 Å². The predicted octanol–water partition coefficient (Wildman–Crippen LogP) is 4.91. The number of benzene rings is 2. The minimum atomic E-state index is -1.08. The number of carbonyl (C=O) groups is 2. The minimum Gasteiger partial charge on any atom is -0.480 e. The van der Waals surface area contributed by atoms with Gasteiger partial charge in [-0.25, -0.2) is 0 Å². The molecule has 2 unspecified atom stereocenters. The molecule has 0 aliphatic carbocycles. The molecule has 28 heavy (non-hydrogen) atoms. The Hall–Kier alpha value is -2.34. The summed E-state index contributed by atoms with van der Waals surface area (Å²) in [5, 5.41) is 10.3. The van der Waals surface area contributed by atoms with Crippen molar-refractivity contribution in [1.82, 2.24) is 4.90 Å². The van der Waals surface area contributed by atoms with E-state index in [4.69, 9.17) is 27.9 Å². The number of ether oxygens (including phenoxy) is 1. The summed E-state index contributed by atoms with van der Waals surface area (Å²) in [4.78, 5) is 24.9. The zero-order valence-corrected chi connectivity index (χ0v) is 16.9. The number of carboxylic acids is 1. The smallest absolute Gasteiger partial charge is 0.323 e. The maximum Gasteiger partial charge on any atom is 0.323 e. The molecule has 0 spiro atoms. The van der Waals surface area contributed by atoms with Gasteiger partial charge >= 0.3 is 5.97 Å². The van der Waals surface area contributed by atoms with Crippen LogP contribution in [-0.4, -0.2) is 35.0 Å². The highest BCUT2D eigenvalue weighted by Gasteiger charge is 2.39. The summed E-state index contributed by atoms with van der Waals surface area (Å²) in [6, 6.07) is 13.5. The van der Waals surface area contributed by atoms with Crippen molar-refractivity contribution in [3.05, 3.63) is 82.4 Å². The van der Waals surface area contributed by atoms with Crippen LogP contribution in [0.15, 0.2) is 61.2 Å². The van der Waals surface area contributed by atoms with Crippen LogP contribution < -0.4 is 0 Å². The summed E-state index contributed by atoms with van der Waals surface area (Å²) in [7, 11) is 0. The number of nitrogens with zero attached hydrogens (tertiary/aromatic N) is 1. The number of aliphatic carboxylic acids is 1. The van der Waals surface area contributed by atoms with Gasteiger partial charge in [-0.05, 0) is 42.3 Å². The first kappa shape index (κ1) is 22.0. The van der Waals surface area contributed by atoms with Gasteiger partial charge in [-0.3, -0.25) is 9.59 Å². The van der Waals surface area contributed by atoms with E-state index < -0.39 is 24.7 Å². The second-order valence-corrected chi connectivity index (χ2v) is 6.98. The Morgan fingerprint density at radius 2 is 1.86 bits per heavy atom. The average molecular weight is 422 g/mol. The van der Waals surface area contributed by atoms with Crippen molar-refractivity contribution >= 4 is 35.1 Å². The summed E-state index contributed by atoms with van der Waals surface area (Å²) < 4.78 is 5.76. The van der Waals surface area contributed by atoms with E-state index in [2.05, 4.69) is 6.58 Å². The third-order valence-electron chi connectivity index (χ3n) is 4.02. The fourth-order valence-corrected chi connectivity index (χ4v) is 3.29. The van der Waals surface area contributed by atoms with Gasteiger partial charge in [0.25, 0.3) is 0 Å². The Labute approximate surface area is 174 Å². The number of rotatable bonds is 4. The second-order valence-electron chi connectivity index (χ2n) is 6.11. The molecule has 2 aromatic rings. The summed E-state index contributed by atoms with van der Waals surface area (Å²) in [5.74, 6) is -1.46. The van der Waals surface area contributed by atoms with Crippen LogP contribution in [-0.2, 0) is 14.3 Å². The molecule has 0 saturated carbocycles. The lowest BCUT2D eigenvalue weighted by Gasteiger charge is -2.40. The Kier molecular flexibility index (Phi) is 8.05. The van der Waals surface area contributed by atoms with Gasteiger partial charge in [-0.2, -0.15) is 0 Å². The highest BCUT2D eigenvalue weighted by Crippen LogP contribution is 2.40. The first-order valence-corrected chi connectivity index (χ1v) is 9.33. The van der Waals surface area contributed by atoms with Gasteiger partial charge < -0.3 is 14.7 Å². The van der Waals surface area contributed by atoms with Gasteiger partial charge in [0.15, 0.2) is 0 Å².